The van der Waals surface area contributed by atoms with Gasteiger partial charge in [0.15, 0.2) is 0 Å². The number of nitrogens with one attached hydrogen (secondary N) is 2. The molecule has 2 aliphatic rings. The fourth-order valence-corrected chi connectivity index (χ4v) is 3.73. The van der Waals surface area contributed by atoms with Crippen molar-refractivity contribution in [1.29, 1.82) is 0 Å². The molecule has 1 aromatic carbocycles. The van der Waals surface area contributed by atoms with E-state index in [0.717, 1.165) is 38.8 Å². The van der Waals surface area contributed by atoms with Crippen molar-refractivity contribution in [2.45, 2.75) is 64.1 Å². The fourth-order valence-electron chi connectivity index (χ4n) is 3.73. The lowest BCUT2D eigenvalue weighted by Gasteiger charge is -2.33. The predicted molar refractivity (Wildman–Crippen MR) is 101 cm³/mol. The first-order valence-corrected chi connectivity index (χ1v) is 9.65. The van der Waals surface area contributed by atoms with Gasteiger partial charge in [-0.2, -0.15) is 0 Å². The highest BCUT2D eigenvalue weighted by molar-refractivity contribution is 5.95. The lowest BCUT2D eigenvalue weighted by molar-refractivity contribution is 0.0635. The van der Waals surface area contributed by atoms with Crippen molar-refractivity contribution in [2.75, 3.05) is 18.5 Å². The van der Waals surface area contributed by atoms with Gasteiger partial charge in [0.05, 0.1) is 12.1 Å². The van der Waals surface area contributed by atoms with Crippen LogP contribution in [-0.4, -0.2) is 48.2 Å². The maximum atomic E-state index is 12.6. The summed E-state index contributed by atoms with van der Waals surface area (Å²) >= 11 is 0. The van der Waals surface area contributed by atoms with Crippen molar-refractivity contribution in [1.82, 2.24) is 10.2 Å². The fraction of sp³-hybridized carbons (Fsp3) is 0.600. The lowest BCUT2D eigenvalue weighted by atomic mass is 10.0. The van der Waals surface area contributed by atoms with Crippen LogP contribution >= 0.6 is 0 Å². The van der Waals surface area contributed by atoms with Gasteiger partial charge in [-0.3, -0.25) is 4.79 Å². The van der Waals surface area contributed by atoms with E-state index in [9.17, 15) is 9.59 Å². The Labute approximate surface area is 155 Å². The summed E-state index contributed by atoms with van der Waals surface area (Å²) in [7, 11) is 0. The maximum Gasteiger partial charge on any atom is 0.319 e. The van der Waals surface area contributed by atoms with Crippen molar-refractivity contribution in [3.05, 3.63) is 29.8 Å². The monoisotopic (exact) mass is 359 g/mol. The number of anilines is 1. The number of carbonyl (C=O) groups excluding carboxylic acids is 2. The number of benzene rings is 1. The van der Waals surface area contributed by atoms with Gasteiger partial charge >= 0.3 is 6.03 Å². The van der Waals surface area contributed by atoms with Crippen LogP contribution in [0.15, 0.2) is 24.3 Å². The number of rotatable bonds is 4. The van der Waals surface area contributed by atoms with Crippen LogP contribution in [0.3, 0.4) is 0 Å². The van der Waals surface area contributed by atoms with Gasteiger partial charge in [-0.1, -0.05) is 0 Å². The third-order valence-electron chi connectivity index (χ3n) is 5.33. The summed E-state index contributed by atoms with van der Waals surface area (Å²) < 4.78 is 5.59. The van der Waals surface area contributed by atoms with Gasteiger partial charge in [-0.05, 0) is 70.2 Å². The van der Waals surface area contributed by atoms with Crippen LogP contribution in [-0.2, 0) is 4.74 Å². The van der Waals surface area contributed by atoms with Crippen molar-refractivity contribution in [3.8, 4) is 0 Å². The second-order valence-corrected chi connectivity index (χ2v) is 7.36. The lowest BCUT2D eigenvalue weighted by Crippen LogP contribution is -2.43. The van der Waals surface area contributed by atoms with Crippen LogP contribution in [0.2, 0.25) is 0 Å². The second kappa shape index (κ2) is 8.54. The average molecular weight is 359 g/mol. The van der Waals surface area contributed by atoms with E-state index >= 15 is 0 Å². The summed E-state index contributed by atoms with van der Waals surface area (Å²) in [6, 6.07) is 7.12. The van der Waals surface area contributed by atoms with Gasteiger partial charge < -0.3 is 20.3 Å². The number of amides is 3. The zero-order valence-corrected chi connectivity index (χ0v) is 15.7. The van der Waals surface area contributed by atoms with Crippen LogP contribution in [0.1, 0.15) is 56.3 Å². The molecule has 3 unspecified atom stereocenters. The molecule has 6 heteroatoms. The van der Waals surface area contributed by atoms with Crippen molar-refractivity contribution in [3.63, 3.8) is 0 Å². The Bertz CT molecular complexity index is 626. The highest BCUT2D eigenvalue weighted by Crippen LogP contribution is 2.20. The Hall–Kier alpha value is -2.08. The van der Waals surface area contributed by atoms with Gasteiger partial charge in [0.25, 0.3) is 5.91 Å². The Kier molecular flexibility index (Phi) is 6.14. The standard InChI is InChI=1S/C20H29N3O3/c1-14-6-3-4-12-23(14)19(24)16-8-10-17(11-9-16)22-20(25)21-15(2)18-7-5-13-26-18/h8-11,14-15,18H,3-7,12-13H2,1-2H3,(H2,21,22,25). The summed E-state index contributed by atoms with van der Waals surface area (Å²) in [4.78, 5) is 26.7. The van der Waals surface area contributed by atoms with Crippen molar-refractivity contribution < 1.29 is 14.3 Å². The van der Waals surface area contributed by atoms with Crippen LogP contribution in [0.5, 0.6) is 0 Å². The Morgan fingerprint density at radius 3 is 2.58 bits per heavy atom. The molecule has 2 fully saturated rings. The molecular formula is C20H29N3O3. The summed E-state index contributed by atoms with van der Waals surface area (Å²) in [5.41, 5.74) is 1.34. The van der Waals surface area contributed by atoms with Crippen LogP contribution < -0.4 is 10.6 Å². The zero-order chi connectivity index (χ0) is 18.5. The number of hydrogen-bond acceptors (Lipinski definition) is 3. The largest absolute Gasteiger partial charge is 0.376 e. The summed E-state index contributed by atoms with van der Waals surface area (Å²) in [5.74, 6) is 0.0696. The molecule has 2 saturated heterocycles. The van der Waals surface area contributed by atoms with E-state index in [4.69, 9.17) is 4.74 Å². The van der Waals surface area contributed by atoms with Gasteiger partial charge in [0, 0.05) is 30.4 Å². The van der Waals surface area contributed by atoms with Crippen molar-refractivity contribution >= 4 is 17.6 Å². The minimum atomic E-state index is -0.253. The third kappa shape index (κ3) is 4.55. The van der Waals surface area contributed by atoms with Gasteiger partial charge in [-0.15, -0.1) is 0 Å². The van der Waals surface area contributed by atoms with E-state index in [-0.39, 0.29) is 24.1 Å². The minimum absolute atomic E-state index is 0.0288. The Balaban J connectivity index is 1.53. The number of piperidine rings is 1. The van der Waals surface area contributed by atoms with Crippen LogP contribution in [0.4, 0.5) is 10.5 Å². The molecule has 6 nitrogen and oxygen atoms in total. The van der Waals surface area contributed by atoms with Crippen molar-refractivity contribution in [2.24, 2.45) is 0 Å². The molecule has 3 atom stereocenters. The second-order valence-electron chi connectivity index (χ2n) is 7.36. The molecule has 3 amide bonds. The molecular weight excluding hydrogens is 330 g/mol. The van der Waals surface area contributed by atoms with E-state index in [1.54, 1.807) is 24.3 Å². The molecule has 0 aliphatic carbocycles. The summed E-state index contributed by atoms with van der Waals surface area (Å²) in [5, 5.41) is 5.74. The molecule has 2 N–H and O–H groups in total. The first kappa shape index (κ1) is 18.7. The average Bonchev–Trinajstić information content (AvgIpc) is 3.17. The predicted octanol–water partition coefficient (Wildman–Crippen LogP) is 3.39. The minimum Gasteiger partial charge on any atom is -0.376 e. The number of carbonyl (C=O) groups is 2. The molecule has 0 bridgehead atoms. The maximum absolute atomic E-state index is 12.6. The van der Waals surface area contributed by atoms with E-state index in [1.807, 2.05) is 11.8 Å². The molecule has 26 heavy (non-hydrogen) atoms. The molecule has 2 heterocycles. The molecule has 0 spiro atoms. The van der Waals surface area contributed by atoms with E-state index in [2.05, 4.69) is 17.6 Å². The first-order chi connectivity index (χ1) is 12.5. The first-order valence-electron chi connectivity index (χ1n) is 9.65. The quantitative estimate of drug-likeness (QED) is 0.866. The van der Waals surface area contributed by atoms with Crippen LogP contribution in [0.25, 0.3) is 0 Å². The number of ether oxygens (including phenoxy) is 1. The van der Waals surface area contributed by atoms with E-state index < -0.39 is 0 Å². The number of urea groups is 1. The van der Waals surface area contributed by atoms with E-state index in [1.165, 1.54) is 6.42 Å². The summed E-state index contributed by atoms with van der Waals surface area (Å²) in [6.45, 7) is 5.65. The molecule has 0 radical (unpaired) electrons. The smallest absolute Gasteiger partial charge is 0.319 e. The topological polar surface area (TPSA) is 70.7 Å². The number of nitrogens with zero attached hydrogens (tertiary/aromatic N) is 1. The van der Waals surface area contributed by atoms with Crippen LogP contribution in [0, 0.1) is 0 Å². The molecule has 2 aliphatic heterocycles. The molecule has 142 valence electrons. The zero-order valence-electron chi connectivity index (χ0n) is 15.7. The molecule has 1 aromatic rings. The molecule has 0 aromatic heterocycles. The number of hydrogen-bond donors (Lipinski definition) is 2. The number of likely N-dealkylation sites (tertiary alicyclic amines) is 1. The highest BCUT2D eigenvalue weighted by Gasteiger charge is 2.25. The Morgan fingerprint density at radius 2 is 1.92 bits per heavy atom. The van der Waals surface area contributed by atoms with Gasteiger partial charge in [0.2, 0.25) is 0 Å². The van der Waals surface area contributed by atoms with E-state index in [0.29, 0.717) is 17.3 Å². The SMILES string of the molecule is CC(NC(=O)Nc1ccc(C(=O)N2CCCCC2C)cc1)C1CCCO1. The normalized spacial score (nSPS) is 24.2. The Morgan fingerprint density at radius 1 is 1.15 bits per heavy atom. The summed E-state index contributed by atoms with van der Waals surface area (Å²) in [6.07, 6.45) is 5.43. The van der Waals surface area contributed by atoms with Gasteiger partial charge in [-0.25, -0.2) is 4.79 Å². The van der Waals surface area contributed by atoms with Gasteiger partial charge in [0.1, 0.15) is 0 Å². The molecule has 0 saturated carbocycles. The highest BCUT2D eigenvalue weighted by atomic mass is 16.5. The molecule has 3 rings (SSSR count). The third-order valence-corrected chi connectivity index (χ3v) is 5.33.